The fourth-order valence-corrected chi connectivity index (χ4v) is 2.38. The molecule has 0 heterocycles. The monoisotopic (exact) mass is 351 g/mol. The van der Waals surface area contributed by atoms with E-state index in [0.29, 0.717) is 17.9 Å². The molecule has 0 aromatic heterocycles. The molecule has 0 saturated heterocycles. The fraction of sp³-hybridized carbons (Fsp3) is 0.579. The Morgan fingerprint density at radius 2 is 1.92 bits per heavy atom. The van der Waals surface area contributed by atoms with Gasteiger partial charge in [-0.15, -0.1) is 0 Å². The summed E-state index contributed by atoms with van der Waals surface area (Å²) < 4.78 is 16.1. The number of ether oxygens (including phenoxy) is 3. The maximum atomic E-state index is 12.5. The lowest BCUT2D eigenvalue weighted by molar-refractivity contribution is -0.136. The van der Waals surface area contributed by atoms with E-state index in [1.165, 1.54) is 7.11 Å². The second kappa shape index (κ2) is 9.42. The lowest BCUT2D eigenvalue weighted by atomic mass is 9.99. The Kier molecular flexibility index (Phi) is 7.90. The molecule has 1 amide bonds. The Bertz CT molecular complexity index is 599. The van der Waals surface area contributed by atoms with Crippen LogP contribution < -0.4 is 10.1 Å². The highest BCUT2D eigenvalue weighted by molar-refractivity contribution is 5.99. The zero-order valence-corrected chi connectivity index (χ0v) is 16.0. The van der Waals surface area contributed by atoms with E-state index in [1.54, 1.807) is 32.0 Å². The topological polar surface area (TPSA) is 73.9 Å². The van der Waals surface area contributed by atoms with E-state index in [9.17, 15) is 9.59 Å². The number of methoxy groups -OCH3 is 1. The summed E-state index contributed by atoms with van der Waals surface area (Å²) in [5.41, 5.74) is -0.155. The molecule has 0 spiro atoms. The number of carbonyl (C=O) groups is 2. The molecule has 0 radical (unpaired) electrons. The molecule has 0 bridgehead atoms. The standard InChI is InChI=1S/C19H29NO5/c1-7-11-19(5,23-6)18(22)20-14-9-10-16(25-13(3)4)15(12-14)17(21)24-8-2/h9-10,12-13H,7-8,11H2,1-6H3,(H,20,22)/t19-/m0/s1. The summed E-state index contributed by atoms with van der Waals surface area (Å²) in [6.45, 7) is 9.48. The lowest BCUT2D eigenvalue weighted by Gasteiger charge is -2.26. The zero-order chi connectivity index (χ0) is 19.0. The van der Waals surface area contributed by atoms with Gasteiger partial charge in [0, 0.05) is 12.8 Å². The Morgan fingerprint density at radius 3 is 2.44 bits per heavy atom. The van der Waals surface area contributed by atoms with Crippen molar-refractivity contribution in [3.05, 3.63) is 23.8 Å². The third-order valence-electron chi connectivity index (χ3n) is 3.75. The van der Waals surface area contributed by atoms with Crippen LogP contribution in [0.1, 0.15) is 57.8 Å². The van der Waals surface area contributed by atoms with Crippen LogP contribution in [0.3, 0.4) is 0 Å². The smallest absolute Gasteiger partial charge is 0.341 e. The number of amides is 1. The molecule has 0 saturated carbocycles. The molecule has 6 heteroatoms. The first-order chi connectivity index (χ1) is 11.8. The van der Waals surface area contributed by atoms with E-state index >= 15 is 0 Å². The molecule has 140 valence electrons. The highest BCUT2D eigenvalue weighted by atomic mass is 16.5. The van der Waals surface area contributed by atoms with Crippen molar-refractivity contribution < 1.29 is 23.8 Å². The van der Waals surface area contributed by atoms with E-state index in [-0.39, 0.29) is 24.2 Å². The predicted molar refractivity (Wildman–Crippen MR) is 97.1 cm³/mol. The lowest BCUT2D eigenvalue weighted by Crippen LogP contribution is -2.41. The summed E-state index contributed by atoms with van der Waals surface area (Å²) in [5, 5.41) is 2.81. The highest BCUT2D eigenvalue weighted by Gasteiger charge is 2.32. The number of rotatable bonds is 9. The first-order valence-electron chi connectivity index (χ1n) is 8.61. The van der Waals surface area contributed by atoms with Crippen molar-refractivity contribution in [2.45, 2.75) is 59.2 Å². The average Bonchev–Trinajstić information content (AvgIpc) is 2.56. The SMILES string of the molecule is CCC[C@](C)(OC)C(=O)Nc1ccc(OC(C)C)c(C(=O)OCC)c1. The van der Waals surface area contributed by atoms with Crippen molar-refractivity contribution in [1.82, 2.24) is 0 Å². The molecule has 1 aromatic carbocycles. The van der Waals surface area contributed by atoms with Gasteiger partial charge in [-0.1, -0.05) is 13.3 Å². The molecule has 1 rings (SSSR count). The molecule has 1 atom stereocenters. The predicted octanol–water partition coefficient (Wildman–Crippen LogP) is 3.79. The molecule has 1 aromatic rings. The van der Waals surface area contributed by atoms with Crippen LogP contribution in [0.15, 0.2) is 18.2 Å². The molecule has 0 aliphatic carbocycles. The van der Waals surface area contributed by atoms with Gasteiger partial charge in [0.25, 0.3) is 5.91 Å². The third-order valence-corrected chi connectivity index (χ3v) is 3.75. The molecule has 1 N–H and O–H groups in total. The van der Waals surface area contributed by atoms with Gasteiger partial charge in [0.2, 0.25) is 0 Å². The van der Waals surface area contributed by atoms with E-state index < -0.39 is 11.6 Å². The first kappa shape index (κ1) is 21.0. The summed E-state index contributed by atoms with van der Waals surface area (Å²) in [4.78, 5) is 24.7. The summed E-state index contributed by atoms with van der Waals surface area (Å²) in [6.07, 6.45) is 1.32. The highest BCUT2D eigenvalue weighted by Crippen LogP contribution is 2.26. The van der Waals surface area contributed by atoms with Gasteiger partial charge in [0.15, 0.2) is 0 Å². The number of benzene rings is 1. The van der Waals surface area contributed by atoms with Crippen LogP contribution in [-0.2, 0) is 14.3 Å². The van der Waals surface area contributed by atoms with Crippen LogP contribution in [0.4, 0.5) is 5.69 Å². The van der Waals surface area contributed by atoms with E-state index in [1.807, 2.05) is 20.8 Å². The average molecular weight is 351 g/mol. The van der Waals surface area contributed by atoms with Crippen LogP contribution >= 0.6 is 0 Å². The summed E-state index contributed by atoms with van der Waals surface area (Å²) in [7, 11) is 1.51. The number of anilines is 1. The Labute approximate surface area is 149 Å². The van der Waals surface area contributed by atoms with Crippen LogP contribution in [0, 0.1) is 0 Å². The Balaban J connectivity index is 3.10. The minimum absolute atomic E-state index is 0.0880. The maximum Gasteiger partial charge on any atom is 0.341 e. The molecule has 0 aliphatic rings. The summed E-state index contributed by atoms with van der Waals surface area (Å²) >= 11 is 0. The maximum absolute atomic E-state index is 12.5. The molecule has 6 nitrogen and oxygen atoms in total. The van der Waals surface area contributed by atoms with Crippen LogP contribution in [0.2, 0.25) is 0 Å². The minimum Gasteiger partial charge on any atom is -0.490 e. The normalized spacial score (nSPS) is 13.2. The van der Waals surface area contributed by atoms with Gasteiger partial charge in [-0.05, 0) is 52.3 Å². The quantitative estimate of drug-likeness (QED) is 0.685. The number of carbonyl (C=O) groups excluding carboxylic acids is 2. The minimum atomic E-state index is -0.925. The molecule has 0 unspecified atom stereocenters. The van der Waals surface area contributed by atoms with Gasteiger partial charge in [-0.2, -0.15) is 0 Å². The largest absolute Gasteiger partial charge is 0.490 e. The molecular weight excluding hydrogens is 322 g/mol. The van der Waals surface area contributed by atoms with Crippen LogP contribution in [-0.4, -0.2) is 37.3 Å². The fourth-order valence-electron chi connectivity index (χ4n) is 2.38. The second-order valence-corrected chi connectivity index (χ2v) is 6.24. The van der Waals surface area contributed by atoms with Crippen LogP contribution in [0.5, 0.6) is 5.75 Å². The van der Waals surface area contributed by atoms with E-state index in [4.69, 9.17) is 14.2 Å². The Hall–Kier alpha value is -2.08. The van der Waals surface area contributed by atoms with Gasteiger partial charge in [-0.3, -0.25) is 4.79 Å². The second-order valence-electron chi connectivity index (χ2n) is 6.24. The molecule has 25 heavy (non-hydrogen) atoms. The van der Waals surface area contributed by atoms with E-state index in [0.717, 1.165) is 6.42 Å². The van der Waals surface area contributed by atoms with Crippen molar-refractivity contribution >= 4 is 17.6 Å². The third kappa shape index (κ3) is 5.74. The first-order valence-corrected chi connectivity index (χ1v) is 8.61. The molecular formula is C19H29NO5. The number of esters is 1. The molecule has 0 aliphatic heterocycles. The molecule has 0 fully saturated rings. The summed E-state index contributed by atoms with van der Waals surface area (Å²) in [5.74, 6) is -0.323. The zero-order valence-electron chi connectivity index (χ0n) is 16.0. The van der Waals surface area contributed by atoms with Gasteiger partial charge in [0.05, 0.1) is 12.7 Å². The van der Waals surface area contributed by atoms with Gasteiger partial charge < -0.3 is 19.5 Å². The van der Waals surface area contributed by atoms with Crippen molar-refractivity contribution in [1.29, 1.82) is 0 Å². The van der Waals surface area contributed by atoms with E-state index in [2.05, 4.69) is 5.32 Å². The van der Waals surface area contributed by atoms with Gasteiger partial charge >= 0.3 is 5.97 Å². The number of nitrogens with one attached hydrogen (secondary N) is 1. The van der Waals surface area contributed by atoms with Gasteiger partial charge in [0.1, 0.15) is 16.9 Å². The van der Waals surface area contributed by atoms with Gasteiger partial charge in [-0.25, -0.2) is 4.79 Å². The Morgan fingerprint density at radius 1 is 1.24 bits per heavy atom. The van der Waals surface area contributed by atoms with Crippen molar-refractivity contribution in [3.8, 4) is 5.75 Å². The summed E-state index contributed by atoms with van der Waals surface area (Å²) in [6, 6.07) is 4.92. The van der Waals surface area contributed by atoms with Crippen molar-refractivity contribution in [3.63, 3.8) is 0 Å². The van der Waals surface area contributed by atoms with Crippen molar-refractivity contribution in [2.75, 3.05) is 19.0 Å². The van der Waals surface area contributed by atoms with Crippen molar-refractivity contribution in [2.24, 2.45) is 0 Å². The number of hydrogen-bond acceptors (Lipinski definition) is 5. The number of hydrogen-bond donors (Lipinski definition) is 1. The van der Waals surface area contributed by atoms with Crippen LogP contribution in [0.25, 0.3) is 0 Å².